The number of nitrogens with zero attached hydrogens (tertiary/aromatic N) is 1. The van der Waals surface area contributed by atoms with Crippen LogP contribution in [0.25, 0.3) is 22.2 Å². The van der Waals surface area contributed by atoms with Crippen LogP contribution in [0.1, 0.15) is 17.9 Å². The van der Waals surface area contributed by atoms with Crippen LogP contribution in [-0.2, 0) is 4.79 Å². The number of anilines is 1. The second-order valence-corrected chi connectivity index (χ2v) is 9.14. The summed E-state index contributed by atoms with van der Waals surface area (Å²) in [5.41, 5.74) is 4.90. The molecule has 1 N–H and O–H groups in total. The lowest BCUT2D eigenvalue weighted by atomic mass is 10.1. The first-order valence-corrected chi connectivity index (χ1v) is 11.4. The average Bonchev–Trinajstić information content (AvgIpc) is 3.36. The maximum Gasteiger partial charge on any atom is 0.241 e. The van der Waals surface area contributed by atoms with Crippen molar-refractivity contribution in [1.29, 1.82) is 0 Å². The topological polar surface area (TPSA) is 54.6 Å². The van der Waals surface area contributed by atoms with Crippen molar-refractivity contribution in [3.8, 4) is 22.8 Å². The van der Waals surface area contributed by atoms with Gasteiger partial charge in [-0.2, -0.15) is 0 Å². The van der Waals surface area contributed by atoms with Crippen LogP contribution in [0.3, 0.4) is 0 Å². The fourth-order valence-electron chi connectivity index (χ4n) is 4.28. The smallest absolute Gasteiger partial charge is 0.241 e. The predicted molar refractivity (Wildman–Crippen MR) is 131 cm³/mol. The number of rotatable bonds is 5. The molecule has 1 aromatic heterocycles. The normalized spacial score (nSPS) is 18.3. The Morgan fingerprint density at radius 3 is 2.38 bits per heavy atom. The molecule has 1 aliphatic rings. The van der Waals surface area contributed by atoms with Crippen molar-refractivity contribution < 1.29 is 14.3 Å². The van der Waals surface area contributed by atoms with Crippen molar-refractivity contribution in [2.24, 2.45) is 0 Å². The molecule has 5 nitrogen and oxygen atoms in total. The number of para-hydroxylation sites is 1. The minimum absolute atomic E-state index is 0.0942. The quantitative estimate of drug-likeness (QED) is 0.409. The third-order valence-electron chi connectivity index (χ3n) is 5.83. The molecule has 0 spiro atoms. The standard InChI is InChI=1S/C26H24N2O3S/c1-16-25(29)28(26(32-16)18-13-14-21(30-2)22(15-18)31-3)24-19-11-7-8-12-20(19)27-23(24)17-9-5-4-6-10-17/h4-16,26-27H,1-3H3. The van der Waals surface area contributed by atoms with Crippen LogP contribution >= 0.6 is 11.8 Å². The van der Waals surface area contributed by atoms with E-state index in [2.05, 4.69) is 23.2 Å². The number of aromatic nitrogens is 1. The average molecular weight is 445 g/mol. The van der Waals surface area contributed by atoms with E-state index in [-0.39, 0.29) is 16.5 Å². The molecule has 32 heavy (non-hydrogen) atoms. The molecule has 1 saturated heterocycles. The van der Waals surface area contributed by atoms with Crippen molar-refractivity contribution in [1.82, 2.24) is 4.98 Å². The Morgan fingerprint density at radius 2 is 1.62 bits per heavy atom. The van der Waals surface area contributed by atoms with Gasteiger partial charge in [-0.15, -0.1) is 11.8 Å². The van der Waals surface area contributed by atoms with Crippen molar-refractivity contribution in [2.75, 3.05) is 19.1 Å². The van der Waals surface area contributed by atoms with E-state index in [9.17, 15) is 4.79 Å². The number of H-pyrrole nitrogens is 1. The zero-order valence-electron chi connectivity index (χ0n) is 18.2. The molecule has 162 valence electrons. The van der Waals surface area contributed by atoms with Gasteiger partial charge in [0.25, 0.3) is 0 Å². The van der Waals surface area contributed by atoms with Gasteiger partial charge in [-0.05, 0) is 30.7 Å². The number of carbonyl (C=O) groups excluding carboxylic acids is 1. The van der Waals surface area contributed by atoms with Gasteiger partial charge >= 0.3 is 0 Å². The second-order valence-electron chi connectivity index (χ2n) is 7.71. The van der Waals surface area contributed by atoms with Gasteiger partial charge < -0.3 is 14.5 Å². The number of hydrogen-bond donors (Lipinski definition) is 1. The summed E-state index contributed by atoms with van der Waals surface area (Å²) < 4.78 is 10.9. The molecule has 0 radical (unpaired) electrons. The molecule has 5 rings (SSSR count). The highest BCUT2D eigenvalue weighted by Gasteiger charge is 2.42. The third-order valence-corrected chi connectivity index (χ3v) is 7.18. The molecule has 6 heteroatoms. The molecule has 2 heterocycles. The summed E-state index contributed by atoms with van der Waals surface area (Å²) in [6.45, 7) is 1.97. The monoisotopic (exact) mass is 444 g/mol. The minimum Gasteiger partial charge on any atom is -0.493 e. The van der Waals surface area contributed by atoms with Gasteiger partial charge in [0.05, 0.1) is 30.9 Å². The number of hydrogen-bond acceptors (Lipinski definition) is 4. The highest BCUT2D eigenvalue weighted by molar-refractivity contribution is 8.01. The van der Waals surface area contributed by atoms with Crippen molar-refractivity contribution in [3.63, 3.8) is 0 Å². The number of methoxy groups -OCH3 is 2. The maximum atomic E-state index is 13.5. The SMILES string of the molecule is COc1ccc(C2SC(C)C(=O)N2c2c(-c3ccccc3)[nH]c3ccccc23)cc1OC. The fourth-order valence-corrected chi connectivity index (χ4v) is 5.53. The fraction of sp³-hybridized carbons (Fsp3) is 0.192. The Balaban J connectivity index is 1.71. The molecule has 3 aromatic carbocycles. The van der Waals surface area contributed by atoms with Crippen LogP contribution in [0.15, 0.2) is 72.8 Å². The van der Waals surface area contributed by atoms with Crippen LogP contribution < -0.4 is 14.4 Å². The lowest BCUT2D eigenvalue weighted by Gasteiger charge is -2.26. The van der Waals surface area contributed by atoms with Gasteiger partial charge in [-0.25, -0.2) is 0 Å². The number of amides is 1. The predicted octanol–water partition coefficient (Wildman–Crippen LogP) is 6.02. The number of nitrogens with one attached hydrogen (secondary N) is 1. The van der Waals surface area contributed by atoms with Crippen molar-refractivity contribution in [3.05, 3.63) is 78.4 Å². The number of ether oxygens (including phenoxy) is 2. The molecule has 4 aromatic rings. The zero-order valence-corrected chi connectivity index (χ0v) is 19.0. The Labute approximate surface area is 191 Å². The molecular formula is C26H24N2O3S. The summed E-state index contributed by atoms with van der Waals surface area (Å²) in [6.07, 6.45) is 0. The molecule has 0 bridgehead atoms. The summed E-state index contributed by atoms with van der Waals surface area (Å²) in [5.74, 6) is 1.42. The van der Waals surface area contributed by atoms with E-state index in [1.807, 2.05) is 66.4 Å². The van der Waals surface area contributed by atoms with Gasteiger partial charge in [0.1, 0.15) is 5.37 Å². The lowest BCUT2D eigenvalue weighted by Crippen LogP contribution is -2.30. The Hall–Kier alpha value is -3.38. The number of fused-ring (bicyclic) bond motifs is 1. The first-order chi connectivity index (χ1) is 15.6. The first-order valence-electron chi connectivity index (χ1n) is 10.5. The number of benzene rings is 3. The van der Waals surface area contributed by atoms with Crippen LogP contribution in [0.2, 0.25) is 0 Å². The van der Waals surface area contributed by atoms with Gasteiger partial charge in [0.15, 0.2) is 11.5 Å². The first kappa shape index (κ1) is 20.5. The number of carbonyl (C=O) groups is 1. The van der Waals surface area contributed by atoms with E-state index in [1.54, 1.807) is 26.0 Å². The van der Waals surface area contributed by atoms with E-state index in [1.165, 1.54) is 0 Å². The van der Waals surface area contributed by atoms with Crippen molar-refractivity contribution >= 4 is 34.3 Å². The van der Waals surface area contributed by atoms with E-state index in [0.717, 1.165) is 33.4 Å². The molecule has 1 amide bonds. The summed E-state index contributed by atoms with van der Waals surface area (Å²) in [7, 11) is 3.25. The Kier molecular flexibility index (Phi) is 5.31. The number of thioether (sulfide) groups is 1. The highest BCUT2D eigenvalue weighted by atomic mass is 32.2. The molecule has 2 atom stereocenters. The summed E-state index contributed by atoms with van der Waals surface area (Å²) >= 11 is 1.64. The van der Waals surface area contributed by atoms with Crippen molar-refractivity contribution in [2.45, 2.75) is 17.5 Å². The Bertz CT molecular complexity index is 1280. The lowest BCUT2D eigenvalue weighted by molar-refractivity contribution is -0.117. The zero-order chi connectivity index (χ0) is 22.2. The largest absolute Gasteiger partial charge is 0.493 e. The molecule has 2 unspecified atom stereocenters. The van der Waals surface area contributed by atoms with Crippen LogP contribution in [0, 0.1) is 0 Å². The summed E-state index contributed by atoms with van der Waals surface area (Å²) in [6, 6.07) is 24.2. The van der Waals surface area contributed by atoms with Gasteiger partial charge in [-0.3, -0.25) is 9.69 Å². The molecule has 0 aliphatic carbocycles. The van der Waals surface area contributed by atoms with Gasteiger partial charge in [0, 0.05) is 16.5 Å². The molecular weight excluding hydrogens is 420 g/mol. The van der Waals surface area contributed by atoms with Crippen LogP contribution in [0.5, 0.6) is 11.5 Å². The second kappa shape index (κ2) is 8.28. The third kappa shape index (κ3) is 3.31. The van der Waals surface area contributed by atoms with Crippen LogP contribution in [-0.4, -0.2) is 30.4 Å². The minimum atomic E-state index is -0.182. The van der Waals surface area contributed by atoms with E-state index in [0.29, 0.717) is 11.5 Å². The van der Waals surface area contributed by atoms with Gasteiger partial charge in [-0.1, -0.05) is 54.6 Å². The van der Waals surface area contributed by atoms with E-state index in [4.69, 9.17) is 9.47 Å². The van der Waals surface area contributed by atoms with E-state index >= 15 is 0 Å². The van der Waals surface area contributed by atoms with Crippen LogP contribution in [0.4, 0.5) is 5.69 Å². The molecule has 0 saturated carbocycles. The highest BCUT2D eigenvalue weighted by Crippen LogP contribution is 2.51. The molecule has 1 fully saturated rings. The maximum absolute atomic E-state index is 13.5. The Morgan fingerprint density at radius 1 is 0.906 bits per heavy atom. The summed E-state index contributed by atoms with van der Waals surface area (Å²) in [4.78, 5) is 19.0. The summed E-state index contributed by atoms with van der Waals surface area (Å²) in [5, 5.41) is 0.684. The van der Waals surface area contributed by atoms with Gasteiger partial charge in [0.2, 0.25) is 5.91 Å². The van der Waals surface area contributed by atoms with E-state index < -0.39 is 0 Å². The molecule has 1 aliphatic heterocycles. The number of aromatic amines is 1.